The molecule has 1 aromatic rings. The summed E-state index contributed by atoms with van der Waals surface area (Å²) in [7, 11) is 1.97. The Morgan fingerprint density at radius 1 is 1.50 bits per heavy atom. The van der Waals surface area contributed by atoms with Crippen molar-refractivity contribution in [1.29, 1.82) is 5.26 Å². The van der Waals surface area contributed by atoms with Gasteiger partial charge in [0.05, 0.1) is 11.6 Å². The zero-order valence-electron chi connectivity index (χ0n) is 10.5. The molecule has 0 bridgehead atoms. The first-order valence-electron chi connectivity index (χ1n) is 5.88. The molecule has 5 heteroatoms. The van der Waals surface area contributed by atoms with Gasteiger partial charge >= 0.3 is 0 Å². The third-order valence-corrected chi connectivity index (χ3v) is 2.72. The lowest BCUT2D eigenvalue weighted by atomic mass is 10.2. The van der Waals surface area contributed by atoms with E-state index in [1.165, 1.54) is 0 Å². The van der Waals surface area contributed by atoms with Gasteiger partial charge in [0.15, 0.2) is 0 Å². The van der Waals surface area contributed by atoms with Crippen LogP contribution in [0.15, 0.2) is 24.3 Å². The number of rotatable bonds is 6. The number of hydrazine groups is 1. The number of unbranched alkanes of at least 4 members (excludes halogenated alkanes) is 1. The van der Waals surface area contributed by atoms with E-state index in [1.54, 1.807) is 6.07 Å². The molecule has 0 unspecified atom stereocenters. The number of nitriles is 1. The van der Waals surface area contributed by atoms with E-state index < -0.39 is 0 Å². The molecule has 5 nitrogen and oxygen atoms in total. The van der Waals surface area contributed by atoms with Gasteiger partial charge in [-0.05, 0) is 31.0 Å². The second-order valence-electron chi connectivity index (χ2n) is 4.11. The van der Waals surface area contributed by atoms with Gasteiger partial charge < -0.3 is 4.90 Å². The van der Waals surface area contributed by atoms with E-state index in [9.17, 15) is 4.79 Å². The Morgan fingerprint density at radius 2 is 2.28 bits per heavy atom. The number of carbonyl (C=O) groups is 1. The van der Waals surface area contributed by atoms with Crippen molar-refractivity contribution in [3.63, 3.8) is 0 Å². The van der Waals surface area contributed by atoms with E-state index in [1.807, 2.05) is 25.2 Å². The molecule has 18 heavy (non-hydrogen) atoms. The number of nitrogens with one attached hydrogen (secondary N) is 1. The summed E-state index contributed by atoms with van der Waals surface area (Å²) in [6.07, 6.45) is 2.15. The molecule has 0 heterocycles. The van der Waals surface area contributed by atoms with Gasteiger partial charge in [-0.25, -0.2) is 5.84 Å². The summed E-state index contributed by atoms with van der Waals surface area (Å²) < 4.78 is 0. The number of nitrogens with zero attached hydrogens (tertiary/aromatic N) is 2. The van der Waals surface area contributed by atoms with E-state index in [0.717, 1.165) is 25.1 Å². The molecule has 0 spiro atoms. The predicted octanol–water partition coefficient (Wildman–Crippen LogP) is 1.15. The quantitative estimate of drug-likeness (QED) is 0.341. The van der Waals surface area contributed by atoms with Crippen molar-refractivity contribution >= 4 is 11.6 Å². The largest absolute Gasteiger partial charge is 0.375 e. The van der Waals surface area contributed by atoms with Crippen molar-refractivity contribution in [2.45, 2.75) is 19.3 Å². The monoisotopic (exact) mass is 246 g/mol. The van der Waals surface area contributed by atoms with Crippen LogP contribution < -0.4 is 16.2 Å². The van der Waals surface area contributed by atoms with Crippen LogP contribution in [-0.2, 0) is 4.79 Å². The van der Waals surface area contributed by atoms with Crippen LogP contribution in [0.4, 0.5) is 5.69 Å². The molecular formula is C13H18N4O. The fraction of sp³-hybridized carbons (Fsp3) is 0.385. The first-order chi connectivity index (χ1) is 8.67. The zero-order chi connectivity index (χ0) is 13.4. The molecule has 0 fully saturated rings. The van der Waals surface area contributed by atoms with Gasteiger partial charge in [0, 0.05) is 25.7 Å². The molecule has 0 aliphatic heterocycles. The Labute approximate surface area is 107 Å². The third-order valence-electron chi connectivity index (χ3n) is 2.72. The first kappa shape index (κ1) is 14.0. The van der Waals surface area contributed by atoms with E-state index in [2.05, 4.69) is 16.4 Å². The van der Waals surface area contributed by atoms with Crippen molar-refractivity contribution in [3.8, 4) is 6.07 Å². The minimum atomic E-state index is -0.135. The van der Waals surface area contributed by atoms with Gasteiger partial charge in [-0.3, -0.25) is 10.2 Å². The summed E-state index contributed by atoms with van der Waals surface area (Å²) in [4.78, 5) is 13.0. The molecule has 0 saturated heterocycles. The van der Waals surface area contributed by atoms with Crippen molar-refractivity contribution in [2.24, 2.45) is 5.84 Å². The maximum Gasteiger partial charge on any atom is 0.233 e. The lowest BCUT2D eigenvalue weighted by Gasteiger charge is -2.19. The zero-order valence-corrected chi connectivity index (χ0v) is 10.5. The Hall–Kier alpha value is -2.06. The summed E-state index contributed by atoms with van der Waals surface area (Å²) in [5.74, 6) is 4.86. The highest BCUT2D eigenvalue weighted by Gasteiger charge is 2.03. The van der Waals surface area contributed by atoms with E-state index in [0.29, 0.717) is 12.0 Å². The van der Waals surface area contributed by atoms with Crippen LogP contribution in [0.5, 0.6) is 0 Å². The van der Waals surface area contributed by atoms with Gasteiger partial charge in [0.2, 0.25) is 5.91 Å². The molecule has 1 amide bonds. The SMILES string of the molecule is CN(CCCCC(=O)NN)c1cccc(C#N)c1. The third kappa shape index (κ3) is 4.44. The summed E-state index contributed by atoms with van der Waals surface area (Å²) in [5.41, 5.74) is 3.78. The second-order valence-corrected chi connectivity index (χ2v) is 4.11. The van der Waals surface area contributed by atoms with Crippen LogP contribution in [-0.4, -0.2) is 19.5 Å². The molecule has 3 N–H and O–H groups in total. The van der Waals surface area contributed by atoms with Crippen molar-refractivity contribution in [3.05, 3.63) is 29.8 Å². The summed E-state index contributed by atoms with van der Waals surface area (Å²) in [5, 5.41) is 8.82. The molecule has 0 aliphatic rings. The average Bonchev–Trinajstić information content (AvgIpc) is 2.43. The molecule has 96 valence electrons. The van der Waals surface area contributed by atoms with Gasteiger partial charge in [0.1, 0.15) is 0 Å². The van der Waals surface area contributed by atoms with E-state index in [-0.39, 0.29) is 5.91 Å². The Kier molecular flexibility index (Phi) is 5.68. The molecule has 0 aliphatic carbocycles. The minimum Gasteiger partial charge on any atom is -0.375 e. The number of anilines is 1. The summed E-state index contributed by atoms with van der Waals surface area (Å²) in [6, 6.07) is 9.59. The standard InChI is InChI=1S/C13H18N4O/c1-17(8-3-2-7-13(18)16-15)12-6-4-5-11(9-12)10-14/h4-6,9H,2-3,7-8,15H2,1H3,(H,16,18). The highest BCUT2D eigenvalue weighted by atomic mass is 16.2. The molecule has 1 rings (SSSR count). The Morgan fingerprint density at radius 3 is 2.94 bits per heavy atom. The lowest BCUT2D eigenvalue weighted by molar-refractivity contribution is -0.121. The Balaban J connectivity index is 2.38. The average molecular weight is 246 g/mol. The van der Waals surface area contributed by atoms with Crippen molar-refractivity contribution in [1.82, 2.24) is 5.43 Å². The topological polar surface area (TPSA) is 82.2 Å². The number of nitrogens with two attached hydrogens (primary N) is 1. The van der Waals surface area contributed by atoms with E-state index >= 15 is 0 Å². The van der Waals surface area contributed by atoms with Crippen LogP contribution in [0.1, 0.15) is 24.8 Å². The lowest BCUT2D eigenvalue weighted by Crippen LogP contribution is -2.29. The number of hydrogen-bond acceptors (Lipinski definition) is 4. The molecule has 1 aromatic carbocycles. The van der Waals surface area contributed by atoms with E-state index in [4.69, 9.17) is 11.1 Å². The highest BCUT2D eigenvalue weighted by Crippen LogP contribution is 2.14. The number of amides is 1. The predicted molar refractivity (Wildman–Crippen MR) is 70.6 cm³/mol. The molecule has 0 saturated carbocycles. The maximum atomic E-state index is 10.9. The number of carbonyl (C=O) groups excluding carboxylic acids is 1. The van der Waals surface area contributed by atoms with Crippen LogP contribution in [0.3, 0.4) is 0 Å². The van der Waals surface area contributed by atoms with Gasteiger partial charge in [-0.15, -0.1) is 0 Å². The van der Waals surface area contributed by atoms with Gasteiger partial charge in [-0.2, -0.15) is 5.26 Å². The summed E-state index contributed by atoms with van der Waals surface area (Å²) in [6.45, 7) is 0.840. The van der Waals surface area contributed by atoms with Crippen LogP contribution in [0, 0.1) is 11.3 Å². The number of benzene rings is 1. The molecule has 0 atom stereocenters. The highest BCUT2D eigenvalue weighted by molar-refractivity contribution is 5.75. The number of hydrogen-bond donors (Lipinski definition) is 2. The molecule has 0 radical (unpaired) electrons. The van der Waals surface area contributed by atoms with Gasteiger partial charge in [0.25, 0.3) is 0 Å². The summed E-state index contributed by atoms with van der Waals surface area (Å²) >= 11 is 0. The fourth-order valence-electron chi connectivity index (χ4n) is 1.65. The van der Waals surface area contributed by atoms with Crippen molar-refractivity contribution < 1.29 is 4.79 Å². The van der Waals surface area contributed by atoms with Gasteiger partial charge in [-0.1, -0.05) is 6.07 Å². The fourth-order valence-corrected chi connectivity index (χ4v) is 1.65. The normalized spacial score (nSPS) is 9.61. The van der Waals surface area contributed by atoms with Crippen LogP contribution >= 0.6 is 0 Å². The molecular weight excluding hydrogens is 228 g/mol. The first-order valence-corrected chi connectivity index (χ1v) is 5.88. The van der Waals surface area contributed by atoms with Crippen molar-refractivity contribution in [2.75, 3.05) is 18.5 Å². The van der Waals surface area contributed by atoms with Crippen LogP contribution in [0.25, 0.3) is 0 Å². The second kappa shape index (κ2) is 7.30. The smallest absolute Gasteiger partial charge is 0.233 e. The Bertz CT molecular complexity index is 439. The maximum absolute atomic E-state index is 10.9. The van der Waals surface area contributed by atoms with Crippen LogP contribution in [0.2, 0.25) is 0 Å². The molecule has 0 aromatic heterocycles. The minimum absolute atomic E-state index is 0.135.